The Morgan fingerprint density at radius 1 is 1.00 bits per heavy atom. The summed E-state index contributed by atoms with van der Waals surface area (Å²) in [5.41, 5.74) is 2.29. The van der Waals surface area contributed by atoms with Crippen LogP contribution >= 0.6 is 0 Å². The molecule has 2 heterocycles. The van der Waals surface area contributed by atoms with Crippen LogP contribution in [0.1, 0.15) is 35.4 Å². The minimum absolute atomic E-state index is 0.242. The molecular weight excluding hydrogens is 391 g/mol. The van der Waals surface area contributed by atoms with Crippen LogP contribution in [-0.2, 0) is 12.7 Å². The number of nitrogens with one attached hydrogen (secondary N) is 1. The molecule has 2 aromatic carbocycles. The molecule has 152 valence electrons. The van der Waals surface area contributed by atoms with E-state index in [2.05, 4.69) is 20.4 Å². The minimum atomic E-state index is -4.43. The van der Waals surface area contributed by atoms with Crippen molar-refractivity contribution < 1.29 is 13.2 Å². The van der Waals surface area contributed by atoms with E-state index in [-0.39, 0.29) is 5.82 Å². The molecule has 5 nitrogen and oxygen atoms in total. The van der Waals surface area contributed by atoms with Gasteiger partial charge in [-0.3, -0.25) is 0 Å². The van der Waals surface area contributed by atoms with Gasteiger partial charge in [-0.2, -0.15) is 27.8 Å². The van der Waals surface area contributed by atoms with E-state index in [1.54, 1.807) is 16.8 Å². The molecule has 1 N–H and O–H groups in total. The largest absolute Gasteiger partial charge is 0.416 e. The smallest absolute Gasteiger partial charge is 0.350 e. The van der Waals surface area contributed by atoms with Gasteiger partial charge in [0.2, 0.25) is 5.95 Å². The van der Waals surface area contributed by atoms with E-state index in [0.717, 1.165) is 36.1 Å². The van der Waals surface area contributed by atoms with Gasteiger partial charge in [0.05, 0.1) is 11.8 Å². The van der Waals surface area contributed by atoms with Crippen LogP contribution in [0.5, 0.6) is 0 Å². The van der Waals surface area contributed by atoms with Gasteiger partial charge in [-0.15, -0.1) is 0 Å². The summed E-state index contributed by atoms with van der Waals surface area (Å²) in [6, 6.07) is 14.9. The first-order chi connectivity index (χ1) is 14.5. The number of alkyl halides is 3. The standard InChI is InChI=1S/C22H18F3N5/c23-22(24,25)17-8-4-7-16(11-17)19-28-20-18(15-9-10-15)13-27-30(20)21(29-19)26-12-14-5-2-1-3-6-14/h1-8,11,13,15H,9-10,12H2,(H,26,28,29). The Kier molecular flexibility index (Phi) is 4.42. The lowest BCUT2D eigenvalue weighted by Gasteiger charge is -2.11. The molecule has 1 saturated carbocycles. The number of hydrogen-bond acceptors (Lipinski definition) is 4. The number of fused-ring (bicyclic) bond motifs is 1. The molecule has 0 spiro atoms. The highest BCUT2D eigenvalue weighted by atomic mass is 19.4. The van der Waals surface area contributed by atoms with E-state index in [9.17, 15) is 13.2 Å². The van der Waals surface area contributed by atoms with Crippen molar-refractivity contribution in [3.8, 4) is 11.4 Å². The summed E-state index contributed by atoms with van der Waals surface area (Å²) in [7, 11) is 0. The maximum atomic E-state index is 13.2. The zero-order chi connectivity index (χ0) is 20.7. The molecule has 5 rings (SSSR count). The van der Waals surface area contributed by atoms with Crippen molar-refractivity contribution in [1.82, 2.24) is 19.6 Å². The van der Waals surface area contributed by atoms with Gasteiger partial charge in [-0.25, -0.2) is 4.98 Å². The van der Waals surface area contributed by atoms with Crippen LogP contribution in [0.2, 0.25) is 0 Å². The Morgan fingerprint density at radius 3 is 2.53 bits per heavy atom. The monoisotopic (exact) mass is 409 g/mol. The summed E-state index contributed by atoms with van der Waals surface area (Å²) in [5.74, 6) is 1.09. The molecular formula is C22H18F3N5. The van der Waals surface area contributed by atoms with Crippen LogP contribution in [0.3, 0.4) is 0 Å². The Balaban J connectivity index is 1.59. The Labute approximate surface area is 170 Å². The molecule has 0 saturated heterocycles. The Hall–Kier alpha value is -3.42. The quantitative estimate of drug-likeness (QED) is 0.486. The van der Waals surface area contributed by atoms with Crippen LogP contribution in [-0.4, -0.2) is 19.6 Å². The van der Waals surface area contributed by atoms with Gasteiger partial charge >= 0.3 is 6.18 Å². The highest BCUT2D eigenvalue weighted by Crippen LogP contribution is 2.42. The zero-order valence-corrected chi connectivity index (χ0v) is 15.9. The van der Waals surface area contributed by atoms with Crippen LogP contribution in [0.15, 0.2) is 60.8 Å². The summed E-state index contributed by atoms with van der Waals surface area (Å²) in [5, 5.41) is 7.69. The van der Waals surface area contributed by atoms with Crippen molar-refractivity contribution in [2.75, 3.05) is 5.32 Å². The van der Waals surface area contributed by atoms with E-state index < -0.39 is 11.7 Å². The van der Waals surface area contributed by atoms with E-state index in [0.29, 0.717) is 29.6 Å². The summed E-state index contributed by atoms with van der Waals surface area (Å²) in [6.45, 7) is 0.508. The Morgan fingerprint density at radius 2 is 1.80 bits per heavy atom. The van der Waals surface area contributed by atoms with Gasteiger partial charge in [0.15, 0.2) is 11.5 Å². The maximum absolute atomic E-state index is 13.2. The molecule has 0 amide bonds. The van der Waals surface area contributed by atoms with Gasteiger partial charge in [0.25, 0.3) is 0 Å². The first-order valence-corrected chi connectivity index (χ1v) is 9.70. The molecule has 1 fully saturated rings. The fourth-order valence-electron chi connectivity index (χ4n) is 3.43. The third kappa shape index (κ3) is 3.60. The van der Waals surface area contributed by atoms with Gasteiger partial charge in [-0.05, 0) is 36.5 Å². The number of aromatic nitrogens is 4. The summed E-state index contributed by atoms with van der Waals surface area (Å²) in [6.07, 6.45) is -0.510. The number of nitrogens with zero attached hydrogens (tertiary/aromatic N) is 4. The normalized spacial score (nSPS) is 14.2. The summed E-state index contributed by atoms with van der Waals surface area (Å²) in [4.78, 5) is 9.10. The van der Waals surface area contributed by atoms with Crippen molar-refractivity contribution in [1.29, 1.82) is 0 Å². The van der Waals surface area contributed by atoms with E-state index >= 15 is 0 Å². The first kappa shape index (κ1) is 18.6. The van der Waals surface area contributed by atoms with Gasteiger partial charge in [0.1, 0.15) is 0 Å². The van der Waals surface area contributed by atoms with Crippen molar-refractivity contribution >= 4 is 11.6 Å². The lowest BCUT2D eigenvalue weighted by Crippen LogP contribution is -2.10. The van der Waals surface area contributed by atoms with Crippen LogP contribution in [0.4, 0.5) is 19.1 Å². The average Bonchev–Trinajstić information content (AvgIpc) is 3.51. The highest BCUT2D eigenvalue weighted by Gasteiger charge is 2.31. The second-order valence-corrected chi connectivity index (χ2v) is 7.40. The third-order valence-electron chi connectivity index (χ3n) is 5.15. The number of benzene rings is 2. The van der Waals surface area contributed by atoms with Gasteiger partial charge in [-0.1, -0.05) is 42.5 Å². The second-order valence-electron chi connectivity index (χ2n) is 7.40. The third-order valence-corrected chi connectivity index (χ3v) is 5.15. The fourth-order valence-corrected chi connectivity index (χ4v) is 3.43. The van der Waals surface area contributed by atoms with E-state index in [1.807, 2.05) is 30.3 Å². The topological polar surface area (TPSA) is 55.1 Å². The predicted octanol–water partition coefficient (Wildman–Crippen LogP) is 5.30. The molecule has 30 heavy (non-hydrogen) atoms. The molecule has 0 atom stereocenters. The lowest BCUT2D eigenvalue weighted by molar-refractivity contribution is -0.137. The minimum Gasteiger partial charge on any atom is -0.350 e. The first-order valence-electron chi connectivity index (χ1n) is 9.70. The molecule has 1 aliphatic rings. The number of halogens is 3. The van der Waals surface area contributed by atoms with E-state index in [4.69, 9.17) is 0 Å². The van der Waals surface area contributed by atoms with Gasteiger partial charge < -0.3 is 5.32 Å². The number of rotatable bonds is 5. The van der Waals surface area contributed by atoms with Gasteiger partial charge in [0, 0.05) is 17.7 Å². The lowest BCUT2D eigenvalue weighted by atomic mass is 10.1. The number of anilines is 1. The van der Waals surface area contributed by atoms with E-state index in [1.165, 1.54) is 6.07 Å². The van der Waals surface area contributed by atoms with Crippen LogP contribution < -0.4 is 5.32 Å². The van der Waals surface area contributed by atoms with Crippen LogP contribution in [0.25, 0.3) is 17.0 Å². The highest BCUT2D eigenvalue weighted by molar-refractivity contribution is 5.63. The molecule has 0 bridgehead atoms. The molecule has 1 aliphatic carbocycles. The SMILES string of the molecule is FC(F)(F)c1cccc(-c2nc(NCc3ccccc3)n3ncc(C4CC4)c3n2)c1. The zero-order valence-electron chi connectivity index (χ0n) is 15.9. The van der Waals surface area contributed by atoms with Crippen molar-refractivity contribution in [2.45, 2.75) is 31.5 Å². The summed E-state index contributed by atoms with van der Waals surface area (Å²) < 4.78 is 41.2. The van der Waals surface area contributed by atoms with Crippen molar-refractivity contribution in [3.63, 3.8) is 0 Å². The average molecular weight is 409 g/mol. The summed E-state index contributed by atoms with van der Waals surface area (Å²) >= 11 is 0. The molecule has 0 radical (unpaired) electrons. The number of hydrogen-bond donors (Lipinski definition) is 1. The second kappa shape index (κ2) is 7.12. The predicted molar refractivity (Wildman–Crippen MR) is 107 cm³/mol. The van der Waals surface area contributed by atoms with Crippen molar-refractivity contribution in [2.24, 2.45) is 0 Å². The molecule has 0 unspecified atom stereocenters. The molecule has 0 aliphatic heterocycles. The maximum Gasteiger partial charge on any atom is 0.416 e. The van der Waals surface area contributed by atoms with Crippen LogP contribution in [0, 0.1) is 0 Å². The fraction of sp³-hybridized carbons (Fsp3) is 0.227. The van der Waals surface area contributed by atoms with Crippen molar-refractivity contribution in [3.05, 3.63) is 77.5 Å². The Bertz CT molecular complexity index is 1200. The molecule has 2 aromatic heterocycles. The molecule has 4 aromatic rings. The molecule has 8 heteroatoms.